The van der Waals surface area contributed by atoms with Gasteiger partial charge >= 0.3 is 0 Å². The number of benzene rings is 1. The lowest BCUT2D eigenvalue weighted by Gasteiger charge is -2.24. The van der Waals surface area contributed by atoms with Gasteiger partial charge in [-0.05, 0) is 57.3 Å². The number of H-pyrrole nitrogens is 1. The first kappa shape index (κ1) is 18.5. The normalized spacial score (nSPS) is 24.1. The van der Waals surface area contributed by atoms with Crippen LogP contribution in [0.1, 0.15) is 37.8 Å². The monoisotopic (exact) mass is 398 g/mol. The van der Waals surface area contributed by atoms with E-state index in [4.69, 9.17) is 9.73 Å². The van der Waals surface area contributed by atoms with Crippen molar-refractivity contribution < 1.29 is 4.74 Å². The summed E-state index contributed by atoms with van der Waals surface area (Å²) >= 11 is 1.91. The zero-order chi connectivity index (χ0) is 18.8. The Balaban J connectivity index is 1.29. The summed E-state index contributed by atoms with van der Waals surface area (Å²) in [5.41, 5.74) is 3.57. The minimum atomic E-state index is 0.465. The van der Waals surface area contributed by atoms with Crippen LogP contribution in [0.5, 0.6) is 0 Å². The van der Waals surface area contributed by atoms with E-state index in [1.54, 1.807) is 0 Å². The van der Waals surface area contributed by atoms with Gasteiger partial charge in [-0.1, -0.05) is 12.1 Å². The molecule has 1 atom stereocenters. The molecule has 0 unspecified atom stereocenters. The standard InChI is InChI=1S/C22H30N4OS/c1-2-10-26(9-1)11-6-18-15-28-22(24-18)20-14-16-4-3-5-19(21(16)25-20)23-17-7-12-27-13-8-17/h3-5,14,17-18,23,25H,1-2,6-13,15H2/t18-/m1/s1. The quantitative estimate of drug-likeness (QED) is 0.769. The third-order valence-electron chi connectivity index (χ3n) is 6.16. The molecule has 2 N–H and O–H groups in total. The van der Waals surface area contributed by atoms with Gasteiger partial charge in [-0.3, -0.25) is 4.99 Å². The lowest BCUT2D eigenvalue weighted by molar-refractivity contribution is 0.0905. The van der Waals surface area contributed by atoms with Crippen LogP contribution in [-0.2, 0) is 4.74 Å². The SMILES string of the molecule is c1cc(NC2CCOCC2)c2[nH]c(C3=N[C@H](CCN4CCCC4)CS3)cc2c1. The Hall–Kier alpha value is -1.50. The molecule has 150 valence electrons. The summed E-state index contributed by atoms with van der Waals surface area (Å²) in [5, 5.41) is 6.16. The van der Waals surface area contributed by atoms with Gasteiger partial charge in [0.2, 0.25) is 0 Å². The molecule has 0 bridgehead atoms. The van der Waals surface area contributed by atoms with Crippen molar-refractivity contribution in [2.24, 2.45) is 4.99 Å². The highest BCUT2D eigenvalue weighted by Crippen LogP contribution is 2.30. The van der Waals surface area contributed by atoms with Gasteiger partial charge in [0.15, 0.2) is 0 Å². The number of hydrogen-bond donors (Lipinski definition) is 2. The lowest BCUT2D eigenvalue weighted by atomic mass is 10.1. The van der Waals surface area contributed by atoms with E-state index in [0.29, 0.717) is 12.1 Å². The van der Waals surface area contributed by atoms with Crippen LogP contribution in [0.15, 0.2) is 29.3 Å². The van der Waals surface area contributed by atoms with E-state index in [2.05, 4.69) is 39.5 Å². The molecule has 0 aliphatic carbocycles. The number of aliphatic imine (C=N–C) groups is 1. The summed E-state index contributed by atoms with van der Waals surface area (Å²) in [6.45, 7) is 5.47. The molecule has 2 fully saturated rings. The molecule has 1 aromatic heterocycles. The zero-order valence-corrected chi connectivity index (χ0v) is 17.3. The van der Waals surface area contributed by atoms with Crippen molar-refractivity contribution in [1.82, 2.24) is 9.88 Å². The Bertz CT molecular complexity index is 836. The number of hydrogen-bond acceptors (Lipinski definition) is 5. The number of nitrogens with one attached hydrogen (secondary N) is 2. The molecule has 0 spiro atoms. The largest absolute Gasteiger partial charge is 0.381 e. The molecule has 3 aliphatic heterocycles. The maximum Gasteiger partial charge on any atom is 0.114 e. The van der Waals surface area contributed by atoms with Crippen LogP contribution >= 0.6 is 11.8 Å². The Morgan fingerprint density at radius 3 is 2.93 bits per heavy atom. The molecule has 2 aromatic rings. The van der Waals surface area contributed by atoms with Crippen LogP contribution in [0.25, 0.3) is 10.9 Å². The molecule has 5 nitrogen and oxygen atoms in total. The Labute approximate surface area is 171 Å². The number of aromatic amines is 1. The molecule has 3 aliphatic rings. The second-order valence-corrected chi connectivity index (χ2v) is 9.23. The van der Waals surface area contributed by atoms with Crippen molar-refractivity contribution in [3.05, 3.63) is 30.0 Å². The molecule has 0 radical (unpaired) electrons. The smallest absolute Gasteiger partial charge is 0.114 e. The zero-order valence-electron chi connectivity index (χ0n) is 16.5. The Morgan fingerprint density at radius 2 is 2.07 bits per heavy atom. The Kier molecular flexibility index (Phi) is 5.61. The molecule has 28 heavy (non-hydrogen) atoms. The second kappa shape index (κ2) is 8.47. The fraction of sp³-hybridized carbons (Fsp3) is 0.591. The predicted octanol–water partition coefficient (Wildman–Crippen LogP) is 4.11. The highest BCUT2D eigenvalue weighted by molar-refractivity contribution is 8.14. The topological polar surface area (TPSA) is 52.6 Å². The van der Waals surface area contributed by atoms with E-state index in [-0.39, 0.29) is 0 Å². The lowest BCUT2D eigenvalue weighted by Crippen LogP contribution is -2.27. The van der Waals surface area contributed by atoms with Gasteiger partial charge in [0, 0.05) is 36.9 Å². The van der Waals surface area contributed by atoms with Gasteiger partial charge in [-0.15, -0.1) is 11.8 Å². The fourth-order valence-electron chi connectivity index (χ4n) is 4.50. The van der Waals surface area contributed by atoms with E-state index in [0.717, 1.165) is 31.8 Å². The van der Waals surface area contributed by atoms with Crippen LogP contribution in [0.3, 0.4) is 0 Å². The van der Waals surface area contributed by atoms with Crippen LogP contribution in [-0.4, -0.2) is 65.6 Å². The third-order valence-corrected chi connectivity index (χ3v) is 7.31. The van der Waals surface area contributed by atoms with Crippen LogP contribution in [0.2, 0.25) is 0 Å². The highest BCUT2D eigenvalue weighted by atomic mass is 32.2. The number of aromatic nitrogens is 1. The first-order chi connectivity index (χ1) is 13.8. The average Bonchev–Trinajstić information content (AvgIpc) is 3.47. The summed E-state index contributed by atoms with van der Waals surface area (Å²) in [5.74, 6) is 1.12. The van der Waals surface area contributed by atoms with Gasteiger partial charge < -0.3 is 19.9 Å². The second-order valence-electron chi connectivity index (χ2n) is 8.22. The van der Waals surface area contributed by atoms with Crippen molar-refractivity contribution in [3.8, 4) is 0 Å². The Morgan fingerprint density at radius 1 is 1.21 bits per heavy atom. The maximum absolute atomic E-state index is 5.49. The van der Waals surface area contributed by atoms with Gasteiger partial charge in [-0.2, -0.15) is 0 Å². The van der Waals surface area contributed by atoms with E-state index >= 15 is 0 Å². The molecule has 1 aromatic carbocycles. The summed E-state index contributed by atoms with van der Waals surface area (Å²) in [6.07, 6.45) is 6.07. The maximum atomic E-state index is 5.49. The van der Waals surface area contributed by atoms with Crippen LogP contribution in [0.4, 0.5) is 5.69 Å². The van der Waals surface area contributed by atoms with Gasteiger partial charge in [0.25, 0.3) is 0 Å². The fourth-order valence-corrected chi connectivity index (χ4v) is 5.58. The summed E-state index contributed by atoms with van der Waals surface area (Å²) in [7, 11) is 0. The summed E-state index contributed by atoms with van der Waals surface area (Å²) < 4.78 is 5.49. The number of fused-ring (bicyclic) bond motifs is 1. The number of anilines is 1. The number of ether oxygens (including phenoxy) is 1. The molecule has 5 rings (SSSR count). The van der Waals surface area contributed by atoms with Gasteiger partial charge in [0.05, 0.1) is 22.9 Å². The molecule has 0 amide bonds. The van der Waals surface area contributed by atoms with Crippen molar-refractivity contribution in [3.63, 3.8) is 0 Å². The summed E-state index contributed by atoms with van der Waals surface area (Å²) in [4.78, 5) is 11.3. The van der Waals surface area contributed by atoms with Crippen molar-refractivity contribution in [1.29, 1.82) is 0 Å². The molecule has 4 heterocycles. The number of likely N-dealkylation sites (tertiary alicyclic amines) is 1. The average molecular weight is 399 g/mol. The molecule has 6 heteroatoms. The van der Waals surface area contributed by atoms with E-state index < -0.39 is 0 Å². The minimum absolute atomic E-state index is 0.465. The van der Waals surface area contributed by atoms with Crippen LogP contribution in [0, 0.1) is 0 Å². The number of para-hydroxylation sites is 1. The van der Waals surface area contributed by atoms with Gasteiger partial charge in [-0.25, -0.2) is 0 Å². The van der Waals surface area contributed by atoms with Crippen molar-refractivity contribution in [2.45, 2.75) is 44.2 Å². The van der Waals surface area contributed by atoms with Crippen molar-refractivity contribution >= 4 is 33.4 Å². The van der Waals surface area contributed by atoms with Crippen molar-refractivity contribution in [2.75, 3.05) is 43.9 Å². The van der Waals surface area contributed by atoms with E-state index in [1.807, 2.05) is 11.8 Å². The summed E-state index contributed by atoms with van der Waals surface area (Å²) in [6, 6.07) is 9.74. The first-order valence-corrected chi connectivity index (χ1v) is 11.7. The number of thioether (sulfide) groups is 1. The third kappa shape index (κ3) is 4.09. The minimum Gasteiger partial charge on any atom is -0.381 e. The molecular formula is C22H30N4OS. The van der Waals surface area contributed by atoms with E-state index in [1.165, 1.54) is 66.2 Å². The number of rotatable bonds is 6. The first-order valence-electron chi connectivity index (χ1n) is 10.7. The van der Waals surface area contributed by atoms with Gasteiger partial charge in [0.1, 0.15) is 5.04 Å². The highest BCUT2D eigenvalue weighted by Gasteiger charge is 2.23. The molecular weight excluding hydrogens is 368 g/mol. The van der Waals surface area contributed by atoms with E-state index in [9.17, 15) is 0 Å². The molecule has 2 saturated heterocycles. The molecule has 0 saturated carbocycles. The number of nitrogens with zero attached hydrogens (tertiary/aromatic N) is 2. The predicted molar refractivity (Wildman–Crippen MR) is 119 cm³/mol. The van der Waals surface area contributed by atoms with Crippen LogP contribution < -0.4 is 5.32 Å².